The van der Waals surface area contributed by atoms with E-state index >= 15 is 4.39 Å². The number of benzene rings is 2. The van der Waals surface area contributed by atoms with Crippen molar-refractivity contribution in [1.29, 1.82) is 0 Å². The van der Waals surface area contributed by atoms with Crippen molar-refractivity contribution < 1.29 is 28.3 Å². The molecule has 3 N–H and O–H groups in total. The van der Waals surface area contributed by atoms with E-state index in [1.54, 1.807) is 16.8 Å². The van der Waals surface area contributed by atoms with Crippen LogP contribution in [0.1, 0.15) is 74.3 Å². The zero-order valence-electron chi connectivity index (χ0n) is 35.7. The smallest absolute Gasteiger partial charge is 0.293 e. The van der Waals surface area contributed by atoms with E-state index in [2.05, 4.69) is 35.6 Å². The summed E-state index contributed by atoms with van der Waals surface area (Å²) in [4.78, 5) is 80.2. The van der Waals surface area contributed by atoms with Crippen molar-refractivity contribution in [2.75, 3.05) is 74.6 Å². The Morgan fingerprint density at radius 2 is 1.78 bits per heavy atom. The Balaban J connectivity index is 0.766. The number of piperidine rings is 3. The van der Waals surface area contributed by atoms with Crippen molar-refractivity contribution in [3.05, 3.63) is 74.9 Å². The lowest BCUT2D eigenvalue weighted by atomic mass is 9.71. The molecule has 63 heavy (non-hydrogen) atoms. The molecule has 0 radical (unpaired) electrons. The SMILES string of the molecule is CNC(=O)COc1cc2cc(Nc3nc(N4CCC(CN5CCC6(CC5)CN(c5cc(F)c7c(c5)CN(C5CCC(=O)NC5=O)C7=O)C6)CC4)ncc3Cl)ccc2n(C(C)C)c1=O. The van der Waals surface area contributed by atoms with Crippen LogP contribution in [0.15, 0.2) is 47.4 Å². The Hall–Kier alpha value is -5.81. The molecule has 4 fully saturated rings. The second-order valence-corrected chi connectivity index (χ2v) is 18.4. The van der Waals surface area contributed by atoms with Gasteiger partial charge >= 0.3 is 0 Å². The normalized spacial score (nSPS) is 20.3. The zero-order chi connectivity index (χ0) is 44.2. The summed E-state index contributed by atoms with van der Waals surface area (Å²) >= 11 is 6.61. The third-order valence-corrected chi connectivity index (χ3v) is 13.7. The lowest BCUT2D eigenvalue weighted by molar-refractivity contribution is -0.137. The van der Waals surface area contributed by atoms with E-state index in [-0.39, 0.29) is 66.1 Å². The molecule has 0 aliphatic carbocycles. The van der Waals surface area contributed by atoms with Gasteiger partial charge in [0.25, 0.3) is 17.4 Å². The van der Waals surface area contributed by atoms with E-state index in [0.717, 1.165) is 88.1 Å². The molecule has 4 aromatic rings. The van der Waals surface area contributed by atoms with Crippen molar-refractivity contribution in [3.8, 4) is 5.75 Å². The minimum atomic E-state index is -0.774. The maximum Gasteiger partial charge on any atom is 0.293 e. The van der Waals surface area contributed by atoms with Gasteiger partial charge in [-0.2, -0.15) is 4.98 Å². The van der Waals surface area contributed by atoms with E-state index in [0.29, 0.717) is 34.0 Å². The van der Waals surface area contributed by atoms with Crippen molar-refractivity contribution in [2.24, 2.45) is 11.3 Å². The number of rotatable bonds is 11. The first-order chi connectivity index (χ1) is 30.3. The predicted molar refractivity (Wildman–Crippen MR) is 236 cm³/mol. The Labute approximate surface area is 369 Å². The van der Waals surface area contributed by atoms with E-state index in [9.17, 15) is 24.0 Å². The number of fused-ring (bicyclic) bond motifs is 2. The summed E-state index contributed by atoms with van der Waals surface area (Å²) < 4.78 is 22.7. The lowest BCUT2D eigenvalue weighted by Crippen LogP contribution is -2.60. The molecule has 2 aromatic carbocycles. The molecule has 5 aliphatic heterocycles. The van der Waals surface area contributed by atoms with Gasteiger partial charge in [-0.25, -0.2) is 9.37 Å². The summed E-state index contributed by atoms with van der Waals surface area (Å²) in [7, 11) is 1.51. The lowest BCUT2D eigenvalue weighted by Gasteiger charge is -2.55. The highest BCUT2D eigenvalue weighted by molar-refractivity contribution is 6.33. The summed E-state index contributed by atoms with van der Waals surface area (Å²) in [5.74, 6) is -0.519. The average Bonchev–Trinajstić information content (AvgIpc) is 3.58. The molecule has 5 aliphatic rings. The summed E-state index contributed by atoms with van der Waals surface area (Å²) in [6.45, 7) is 10.2. The molecule has 7 heterocycles. The number of anilines is 4. The first-order valence-electron chi connectivity index (χ1n) is 21.8. The highest BCUT2D eigenvalue weighted by atomic mass is 35.5. The summed E-state index contributed by atoms with van der Waals surface area (Å²) in [5.41, 5.74) is 2.72. The molecule has 0 bridgehead atoms. The van der Waals surface area contributed by atoms with Crippen molar-refractivity contribution in [1.82, 2.24) is 35.0 Å². The predicted octanol–water partition coefficient (Wildman–Crippen LogP) is 4.61. The molecule has 4 amide bonds. The van der Waals surface area contributed by atoms with Crippen molar-refractivity contribution in [3.63, 3.8) is 0 Å². The number of carbonyl (C=O) groups is 4. The van der Waals surface area contributed by atoms with Gasteiger partial charge in [0.15, 0.2) is 18.2 Å². The molecular formula is C45H52ClFN10O6. The van der Waals surface area contributed by atoms with Crippen LogP contribution < -0.4 is 36.0 Å². The molecule has 4 saturated heterocycles. The second kappa shape index (κ2) is 17.1. The number of nitrogens with zero attached hydrogens (tertiary/aromatic N) is 7. The number of hydrogen-bond donors (Lipinski definition) is 3. The zero-order valence-corrected chi connectivity index (χ0v) is 36.5. The molecule has 18 heteroatoms. The molecule has 16 nitrogen and oxygen atoms in total. The van der Waals surface area contributed by atoms with Gasteiger partial charge in [-0.05, 0) is 107 Å². The van der Waals surface area contributed by atoms with Crippen LogP contribution in [-0.2, 0) is 20.9 Å². The average molecular weight is 883 g/mol. The molecule has 2 aromatic heterocycles. The number of nitrogens with one attached hydrogen (secondary N) is 3. The third-order valence-electron chi connectivity index (χ3n) is 13.5. The number of hydrogen-bond acceptors (Lipinski definition) is 12. The summed E-state index contributed by atoms with van der Waals surface area (Å²) in [5, 5.41) is 9.28. The van der Waals surface area contributed by atoms with E-state index in [1.807, 2.05) is 38.1 Å². The molecule has 1 unspecified atom stereocenters. The maximum absolute atomic E-state index is 15.4. The van der Waals surface area contributed by atoms with Crippen molar-refractivity contribution in [2.45, 2.75) is 71.0 Å². The Kier molecular flexibility index (Phi) is 11.5. The van der Waals surface area contributed by atoms with Gasteiger partial charge in [-0.15, -0.1) is 0 Å². The summed E-state index contributed by atoms with van der Waals surface area (Å²) in [6.07, 6.45) is 6.20. The van der Waals surface area contributed by atoms with Crippen LogP contribution in [-0.4, -0.2) is 113 Å². The first-order valence-corrected chi connectivity index (χ1v) is 22.2. The van der Waals surface area contributed by atoms with Crippen LogP contribution in [0.25, 0.3) is 10.9 Å². The van der Waals surface area contributed by atoms with Crippen LogP contribution >= 0.6 is 11.6 Å². The van der Waals surface area contributed by atoms with Gasteiger partial charge < -0.3 is 39.5 Å². The Morgan fingerprint density at radius 3 is 2.49 bits per heavy atom. The van der Waals surface area contributed by atoms with Crippen molar-refractivity contribution >= 4 is 69.3 Å². The minimum absolute atomic E-state index is 0.0302. The highest BCUT2D eigenvalue weighted by Gasteiger charge is 2.46. The van der Waals surface area contributed by atoms with Crippen LogP contribution in [0, 0.1) is 17.2 Å². The number of aromatic nitrogens is 3. The number of carbonyl (C=O) groups excluding carboxylic acids is 4. The van der Waals surface area contributed by atoms with Gasteiger partial charge in [-0.3, -0.25) is 29.3 Å². The fraction of sp³-hybridized carbons (Fsp3) is 0.489. The molecular weight excluding hydrogens is 831 g/mol. The number of likely N-dealkylation sites (N-methyl/N-ethyl adjacent to an activating group) is 1. The number of imide groups is 1. The molecule has 1 spiro atoms. The third kappa shape index (κ3) is 8.40. The number of ether oxygens (including phenoxy) is 1. The highest BCUT2D eigenvalue weighted by Crippen LogP contribution is 2.44. The fourth-order valence-electron chi connectivity index (χ4n) is 9.94. The molecule has 332 valence electrons. The molecule has 1 atom stereocenters. The molecule has 9 rings (SSSR count). The number of likely N-dealkylation sites (tertiary alicyclic amines) is 1. The minimum Gasteiger partial charge on any atom is -0.478 e. The monoisotopic (exact) mass is 882 g/mol. The Bertz CT molecular complexity index is 2550. The topological polar surface area (TPSA) is 174 Å². The quantitative estimate of drug-likeness (QED) is 0.179. The van der Waals surface area contributed by atoms with E-state index < -0.39 is 23.7 Å². The van der Waals surface area contributed by atoms with Gasteiger partial charge in [-0.1, -0.05) is 11.6 Å². The number of pyridine rings is 1. The summed E-state index contributed by atoms with van der Waals surface area (Å²) in [6, 6.07) is 9.72. The van der Waals surface area contributed by atoms with Crippen LogP contribution in [0.5, 0.6) is 5.75 Å². The standard InChI is InChI=1S/C45H52ClFN10O6/c1-26(2)57-34-5-4-30(16-28(34)18-36(42(57)61)63-23-38(59)48-3)50-40-32(46)20-49-44(52-40)54-12-8-27(9-13-54)21-53-14-10-45(11-15-53)24-55(25-45)31-17-29-22-56(43(62)39(29)33(47)19-31)35-6-7-37(58)51-41(35)60/h4-5,16-20,26-27,35H,6-15,21-25H2,1-3H3,(H,48,59)(H,49,50,52)(H,51,58,60). The number of amides is 4. The van der Waals surface area contributed by atoms with Crippen LogP contribution in [0.2, 0.25) is 5.02 Å². The van der Waals surface area contributed by atoms with E-state index in [4.69, 9.17) is 21.3 Å². The van der Waals surface area contributed by atoms with Crippen LogP contribution in [0.3, 0.4) is 0 Å². The van der Waals surface area contributed by atoms with Gasteiger partial charge in [0.05, 0.1) is 17.3 Å². The Morgan fingerprint density at radius 1 is 1.02 bits per heavy atom. The van der Waals surface area contributed by atoms with Gasteiger partial charge in [0.1, 0.15) is 16.9 Å². The van der Waals surface area contributed by atoms with Crippen LogP contribution in [0.4, 0.5) is 27.5 Å². The number of halogens is 2. The first kappa shape index (κ1) is 42.5. The van der Waals surface area contributed by atoms with Gasteiger partial charge in [0, 0.05) is 81.0 Å². The largest absolute Gasteiger partial charge is 0.478 e. The maximum atomic E-state index is 15.4. The second-order valence-electron chi connectivity index (χ2n) is 18.0. The molecule has 0 saturated carbocycles. The van der Waals surface area contributed by atoms with E-state index in [1.165, 1.54) is 18.0 Å². The fourth-order valence-corrected chi connectivity index (χ4v) is 10.1. The van der Waals surface area contributed by atoms with Gasteiger partial charge in [0.2, 0.25) is 17.8 Å².